The average molecular weight is 577 g/mol. The van der Waals surface area contributed by atoms with Gasteiger partial charge in [-0.2, -0.15) is 0 Å². The third-order valence-corrected chi connectivity index (χ3v) is 7.20. The first-order valence-electron chi connectivity index (χ1n) is 12.5. The Balaban J connectivity index is 1.36. The van der Waals surface area contributed by atoms with Crippen molar-refractivity contribution >= 4 is 46.0 Å². The number of methoxy groups -OCH3 is 2. The number of hydrogen-bond donors (Lipinski definition) is 1. The fraction of sp³-hybridized carbons (Fsp3) is 0.207. The van der Waals surface area contributed by atoms with Gasteiger partial charge in [-0.3, -0.25) is 19.6 Å². The van der Waals surface area contributed by atoms with Crippen LogP contribution in [0.15, 0.2) is 65.1 Å². The highest BCUT2D eigenvalue weighted by atomic mass is 32.1. The minimum absolute atomic E-state index is 0.0291. The maximum atomic E-state index is 15.2. The smallest absolute Gasteiger partial charge is 0.311 e. The largest absolute Gasteiger partial charge is 0.493 e. The third kappa shape index (κ3) is 5.59. The van der Waals surface area contributed by atoms with Crippen molar-refractivity contribution in [2.75, 3.05) is 26.1 Å². The van der Waals surface area contributed by atoms with Crippen LogP contribution in [0.3, 0.4) is 0 Å². The molecular weight excluding hydrogens is 551 g/mol. The molecule has 0 bridgehead atoms. The fourth-order valence-corrected chi connectivity index (χ4v) is 5.16. The zero-order valence-electron chi connectivity index (χ0n) is 22.3. The van der Waals surface area contributed by atoms with Gasteiger partial charge in [-0.1, -0.05) is 0 Å². The van der Waals surface area contributed by atoms with Crippen LogP contribution in [0.2, 0.25) is 0 Å². The lowest BCUT2D eigenvalue weighted by molar-refractivity contribution is -0.142. The molecule has 41 heavy (non-hydrogen) atoms. The molecule has 1 N–H and O–H groups in total. The monoisotopic (exact) mass is 576 g/mol. The number of nitrogens with zero attached hydrogens (tertiary/aromatic N) is 3. The van der Waals surface area contributed by atoms with Gasteiger partial charge in [-0.05, 0) is 43.3 Å². The van der Waals surface area contributed by atoms with Gasteiger partial charge in [0.2, 0.25) is 5.54 Å². The van der Waals surface area contributed by atoms with E-state index >= 15 is 4.39 Å². The molecule has 4 aromatic rings. The van der Waals surface area contributed by atoms with E-state index in [-0.39, 0.29) is 24.5 Å². The Morgan fingerprint density at radius 3 is 2.59 bits per heavy atom. The van der Waals surface area contributed by atoms with Crippen molar-refractivity contribution in [3.05, 3.63) is 76.6 Å². The number of carbonyl (C=O) groups excluding carboxylic acids is 2. The van der Waals surface area contributed by atoms with Crippen LogP contribution in [0.25, 0.3) is 10.9 Å². The highest BCUT2D eigenvalue weighted by molar-refractivity contribution is 7.10. The molecule has 210 valence electrons. The number of hydrogen-bond acceptors (Lipinski definition) is 10. The van der Waals surface area contributed by atoms with E-state index in [1.54, 1.807) is 48.9 Å². The van der Waals surface area contributed by atoms with E-state index in [0.29, 0.717) is 38.9 Å². The Labute approximate surface area is 238 Å². The summed E-state index contributed by atoms with van der Waals surface area (Å²) in [7, 11) is 3.06. The zero-order valence-corrected chi connectivity index (χ0v) is 23.2. The second-order valence-electron chi connectivity index (χ2n) is 8.76. The highest BCUT2D eigenvalue weighted by Crippen LogP contribution is 2.38. The molecule has 2 aromatic carbocycles. The Kier molecular flexibility index (Phi) is 7.92. The SMILES string of the molecule is CCOC(=O)Cc1csc(C2(C(=O)Nc3ccc(Oc4ccnc5cc(OC)c(OC)cc45)cc3F)C=CC=N2)n1. The normalized spacial score (nSPS) is 15.6. The first-order chi connectivity index (χ1) is 19.9. The number of esters is 1. The number of aliphatic imine (C=N–C) groups is 1. The van der Waals surface area contributed by atoms with Gasteiger partial charge in [0.1, 0.15) is 22.3 Å². The van der Waals surface area contributed by atoms with Crippen LogP contribution in [-0.4, -0.2) is 48.9 Å². The number of rotatable bonds is 10. The molecule has 5 rings (SSSR count). The summed E-state index contributed by atoms with van der Waals surface area (Å²) in [4.78, 5) is 38.4. The number of ether oxygens (including phenoxy) is 4. The standard InChI is InChI=1S/C29H25FN4O6S/c1-4-39-26(35)12-17-16-41-28(33-17)29(9-5-10-32-29)27(36)34-21-7-6-18(13-20(21)30)40-23-8-11-31-22-15-25(38-3)24(37-2)14-19(22)23/h5-11,13-16H,4,12H2,1-3H3,(H,34,36). The summed E-state index contributed by atoms with van der Waals surface area (Å²) < 4.78 is 36.9. The minimum Gasteiger partial charge on any atom is -0.493 e. The maximum Gasteiger partial charge on any atom is 0.311 e. The summed E-state index contributed by atoms with van der Waals surface area (Å²) in [5.74, 6) is -0.0871. The Morgan fingerprint density at radius 2 is 1.88 bits per heavy atom. The maximum absolute atomic E-state index is 15.2. The van der Waals surface area contributed by atoms with Crippen molar-refractivity contribution in [1.29, 1.82) is 0 Å². The number of carbonyl (C=O) groups is 2. The molecule has 1 unspecified atom stereocenters. The number of pyridine rings is 1. The number of benzene rings is 2. The predicted octanol–water partition coefficient (Wildman–Crippen LogP) is 5.22. The third-order valence-electron chi connectivity index (χ3n) is 6.18. The molecule has 3 heterocycles. The molecule has 2 aromatic heterocycles. The lowest BCUT2D eigenvalue weighted by Crippen LogP contribution is -2.36. The second-order valence-corrected chi connectivity index (χ2v) is 9.62. The number of thiazole rings is 1. The van der Waals surface area contributed by atoms with Crippen LogP contribution in [0.1, 0.15) is 17.6 Å². The van der Waals surface area contributed by atoms with Crippen molar-refractivity contribution in [3.8, 4) is 23.0 Å². The van der Waals surface area contributed by atoms with Gasteiger partial charge in [0, 0.05) is 35.3 Å². The molecule has 10 nitrogen and oxygen atoms in total. The van der Waals surface area contributed by atoms with Gasteiger partial charge >= 0.3 is 5.97 Å². The number of fused-ring (bicyclic) bond motifs is 1. The van der Waals surface area contributed by atoms with Crippen molar-refractivity contribution in [2.45, 2.75) is 18.9 Å². The van der Waals surface area contributed by atoms with Crippen LogP contribution < -0.4 is 19.5 Å². The molecule has 0 fully saturated rings. The van der Waals surface area contributed by atoms with Crippen molar-refractivity contribution in [1.82, 2.24) is 9.97 Å². The van der Waals surface area contributed by atoms with Gasteiger partial charge < -0.3 is 24.3 Å². The van der Waals surface area contributed by atoms with E-state index < -0.39 is 23.2 Å². The van der Waals surface area contributed by atoms with Crippen LogP contribution in [0.5, 0.6) is 23.0 Å². The van der Waals surface area contributed by atoms with Gasteiger partial charge in [-0.15, -0.1) is 11.3 Å². The summed E-state index contributed by atoms with van der Waals surface area (Å²) in [6.45, 7) is 1.98. The van der Waals surface area contributed by atoms with Gasteiger partial charge in [-0.25, -0.2) is 9.37 Å². The summed E-state index contributed by atoms with van der Waals surface area (Å²) >= 11 is 1.18. The molecule has 1 amide bonds. The van der Waals surface area contributed by atoms with E-state index in [9.17, 15) is 9.59 Å². The van der Waals surface area contributed by atoms with Gasteiger partial charge in [0.25, 0.3) is 5.91 Å². The first-order valence-corrected chi connectivity index (χ1v) is 13.4. The molecule has 0 radical (unpaired) electrons. The number of allylic oxidation sites excluding steroid dienone is 1. The van der Waals surface area contributed by atoms with E-state index in [0.717, 1.165) is 0 Å². The van der Waals surface area contributed by atoms with Crippen molar-refractivity contribution < 1.29 is 32.9 Å². The van der Waals surface area contributed by atoms with E-state index in [2.05, 4.69) is 20.3 Å². The van der Waals surface area contributed by atoms with Crippen LogP contribution in [0.4, 0.5) is 10.1 Å². The molecule has 12 heteroatoms. The molecule has 1 atom stereocenters. The Hall–Kier alpha value is -4.84. The fourth-order valence-electron chi connectivity index (χ4n) is 4.21. The van der Waals surface area contributed by atoms with E-state index in [1.165, 1.54) is 50.0 Å². The summed E-state index contributed by atoms with van der Waals surface area (Å²) in [5.41, 5.74) is -0.493. The summed E-state index contributed by atoms with van der Waals surface area (Å²) in [6, 6.07) is 9.21. The molecule has 0 saturated heterocycles. The van der Waals surface area contributed by atoms with E-state index in [4.69, 9.17) is 18.9 Å². The van der Waals surface area contributed by atoms with Gasteiger partial charge in [0.15, 0.2) is 11.5 Å². The van der Waals surface area contributed by atoms with Crippen LogP contribution >= 0.6 is 11.3 Å². The number of nitrogens with one attached hydrogen (secondary N) is 1. The number of anilines is 1. The molecule has 1 aliphatic heterocycles. The van der Waals surface area contributed by atoms with Crippen LogP contribution in [-0.2, 0) is 26.3 Å². The molecule has 0 aliphatic carbocycles. The average Bonchev–Trinajstić information content (AvgIpc) is 3.65. The Morgan fingerprint density at radius 1 is 1.07 bits per heavy atom. The predicted molar refractivity (Wildman–Crippen MR) is 152 cm³/mol. The summed E-state index contributed by atoms with van der Waals surface area (Å²) in [6.07, 6.45) is 6.20. The van der Waals surface area contributed by atoms with Gasteiger partial charge in [0.05, 0.1) is 44.1 Å². The number of amides is 1. The van der Waals surface area contributed by atoms with Crippen LogP contribution in [0, 0.1) is 5.82 Å². The van der Waals surface area contributed by atoms with Crippen molar-refractivity contribution in [2.24, 2.45) is 4.99 Å². The molecule has 1 aliphatic rings. The zero-order chi connectivity index (χ0) is 29.0. The lowest BCUT2D eigenvalue weighted by atomic mass is 10.0. The quantitative estimate of drug-likeness (QED) is 0.255. The molecular formula is C29H25FN4O6S. The highest BCUT2D eigenvalue weighted by Gasteiger charge is 2.42. The number of aromatic nitrogens is 2. The minimum atomic E-state index is -1.49. The second kappa shape index (κ2) is 11.7. The number of halogens is 1. The first kappa shape index (κ1) is 27.7. The molecule has 0 saturated carbocycles. The summed E-state index contributed by atoms with van der Waals surface area (Å²) in [5, 5.41) is 5.27. The lowest BCUT2D eigenvalue weighted by Gasteiger charge is -2.21. The molecule has 0 spiro atoms. The van der Waals surface area contributed by atoms with Crippen molar-refractivity contribution in [3.63, 3.8) is 0 Å². The topological polar surface area (TPSA) is 121 Å². The van der Waals surface area contributed by atoms with E-state index in [1.807, 2.05) is 0 Å². The Bertz CT molecular complexity index is 1670.